The lowest BCUT2D eigenvalue weighted by atomic mass is 10.2. The molecule has 0 radical (unpaired) electrons. The number of ether oxygens (including phenoxy) is 1. The maximum absolute atomic E-state index is 8.76. The summed E-state index contributed by atoms with van der Waals surface area (Å²) in [7, 11) is 0. The summed E-state index contributed by atoms with van der Waals surface area (Å²) < 4.78 is 7.12. The Bertz CT molecular complexity index is 840. The molecule has 0 unspecified atom stereocenters. The second-order valence-corrected chi connectivity index (χ2v) is 5.94. The third-order valence-electron chi connectivity index (χ3n) is 3.26. The van der Waals surface area contributed by atoms with Gasteiger partial charge in [0.25, 0.3) is 0 Å². The molecule has 7 heteroatoms. The molecule has 0 atom stereocenters. The number of nitriles is 1. The summed E-state index contributed by atoms with van der Waals surface area (Å²) >= 11 is 1.48. The Labute approximate surface area is 143 Å². The number of nitrogen functional groups attached to an aromatic ring is 1. The molecule has 1 heterocycles. The molecule has 120 valence electrons. The van der Waals surface area contributed by atoms with Gasteiger partial charge in [-0.1, -0.05) is 42.1 Å². The van der Waals surface area contributed by atoms with E-state index in [-0.39, 0.29) is 0 Å². The van der Waals surface area contributed by atoms with Crippen molar-refractivity contribution in [1.82, 2.24) is 14.9 Å². The molecule has 0 aliphatic heterocycles. The third kappa shape index (κ3) is 3.67. The summed E-state index contributed by atoms with van der Waals surface area (Å²) in [5, 5.41) is 17.7. The highest BCUT2D eigenvalue weighted by atomic mass is 32.2. The summed E-state index contributed by atoms with van der Waals surface area (Å²) in [5.74, 6) is 8.11. The van der Waals surface area contributed by atoms with Crippen molar-refractivity contribution in [3.05, 3.63) is 60.2 Å². The van der Waals surface area contributed by atoms with E-state index in [9.17, 15) is 0 Å². The number of aromatic nitrogens is 3. The Morgan fingerprint density at radius 3 is 2.54 bits per heavy atom. The maximum atomic E-state index is 8.76. The Morgan fingerprint density at radius 2 is 1.83 bits per heavy atom. The van der Waals surface area contributed by atoms with Crippen LogP contribution in [0, 0.1) is 11.3 Å². The largest absolute Gasteiger partial charge is 0.493 e. The van der Waals surface area contributed by atoms with Crippen molar-refractivity contribution in [2.45, 2.75) is 5.16 Å². The molecular formula is C17H15N5OS. The summed E-state index contributed by atoms with van der Waals surface area (Å²) in [6.07, 6.45) is 0. The fourth-order valence-electron chi connectivity index (χ4n) is 2.08. The minimum Gasteiger partial charge on any atom is -0.493 e. The molecule has 1 aromatic heterocycles. The van der Waals surface area contributed by atoms with Crippen molar-refractivity contribution in [2.24, 2.45) is 0 Å². The fourth-order valence-corrected chi connectivity index (χ4v) is 2.75. The van der Waals surface area contributed by atoms with E-state index in [0.717, 1.165) is 11.3 Å². The van der Waals surface area contributed by atoms with Crippen molar-refractivity contribution in [3.8, 4) is 23.2 Å². The minimum atomic E-state index is 0.504. The molecule has 2 N–H and O–H groups in total. The molecule has 0 bridgehead atoms. The van der Waals surface area contributed by atoms with Crippen LogP contribution in [0.3, 0.4) is 0 Å². The van der Waals surface area contributed by atoms with Gasteiger partial charge in [-0.3, -0.25) is 0 Å². The zero-order chi connectivity index (χ0) is 16.8. The topological polar surface area (TPSA) is 89.8 Å². The van der Waals surface area contributed by atoms with Gasteiger partial charge in [0.1, 0.15) is 5.75 Å². The van der Waals surface area contributed by atoms with Crippen LogP contribution < -0.4 is 10.6 Å². The van der Waals surface area contributed by atoms with Crippen LogP contribution in [0.1, 0.15) is 5.56 Å². The monoisotopic (exact) mass is 337 g/mol. The van der Waals surface area contributed by atoms with E-state index in [0.29, 0.717) is 28.9 Å². The second kappa shape index (κ2) is 7.53. The van der Waals surface area contributed by atoms with Crippen molar-refractivity contribution in [1.29, 1.82) is 5.26 Å². The molecule has 0 fully saturated rings. The molecule has 3 rings (SSSR count). The summed E-state index contributed by atoms with van der Waals surface area (Å²) in [4.78, 5) is 0. The number of thioether (sulfide) groups is 1. The molecule has 24 heavy (non-hydrogen) atoms. The molecular weight excluding hydrogens is 322 g/mol. The summed E-state index contributed by atoms with van der Waals surface area (Å²) in [6.45, 7) is 0.504. The van der Waals surface area contributed by atoms with E-state index >= 15 is 0 Å². The number of hydrogen-bond acceptors (Lipinski definition) is 6. The summed E-state index contributed by atoms with van der Waals surface area (Å²) in [5.41, 5.74) is 1.54. The van der Waals surface area contributed by atoms with Gasteiger partial charge in [0.15, 0.2) is 5.82 Å². The van der Waals surface area contributed by atoms with E-state index in [1.54, 1.807) is 24.3 Å². The maximum Gasteiger partial charge on any atom is 0.210 e. The molecule has 0 spiro atoms. The Kier molecular flexibility index (Phi) is 4.99. The first-order chi connectivity index (χ1) is 11.8. The van der Waals surface area contributed by atoms with Crippen LogP contribution in [0.5, 0.6) is 5.75 Å². The van der Waals surface area contributed by atoms with Gasteiger partial charge in [0.05, 0.1) is 18.2 Å². The van der Waals surface area contributed by atoms with Crippen LogP contribution in [0.25, 0.3) is 11.4 Å². The predicted molar refractivity (Wildman–Crippen MR) is 93.0 cm³/mol. The molecule has 0 aliphatic carbocycles. The number of rotatable bonds is 6. The smallest absolute Gasteiger partial charge is 0.210 e. The van der Waals surface area contributed by atoms with Crippen molar-refractivity contribution < 1.29 is 4.74 Å². The number of hydrogen-bond donors (Lipinski definition) is 1. The van der Waals surface area contributed by atoms with Crippen LogP contribution in [0.15, 0.2) is 59.8 Å². The van der Waals surface area contributed by atoms with E-state index in [2.05, 4.69) is 16.3 Å². The zero-order valence-corrected chi connectivity index (χ0v) is 13.6. The van der Waals surface area contributed by atoms with E-state index < -0.39 is 0 Å². The zero-order valence-electron chi connectivity index (χ0n) is 12.8. The van der Waals surface area contributed by atoms with Gasteiger partial charge >= 0.3 is 0 Å². The molecule has 0 saturated heterocycles. The van der Waals surface area contributed by atoms with Gasteiger partial charge in [-0.25, -0.2) is 4.68 Å². The highest BCUT2D eigenvalue weighted by molar-refractivity contribution is 7.99. The van der Waals surface area contributed by atoms with E-state index in [4.69, 9.17) is 15.8 Å². The summed E-state index contributed by atoms with van der Waals surface area (Å²) in [6, 6.07) is 18.8. The van der Waals surface area contributed by atoms with Gasteiger partial charge in [-0.15, -0.1) is 10.2 Å². The number of benzene rings is 2. The van der Waals surface area contributed by atoms with Crippen molar-refractivity contribution in [3.63, 3.8) is 0 Å². The third-order valence-corrected chi connectivity index (χ3v) is 4.17. The highest BCUT2D eigenvalue weighted by Crippen LogP contribution is 2.21. The van der Waals surface area contributed by atoms with Crippen LogP contribution in [0.4, 0.5) is 0 Å². The first kappa shape index (κ1) is 15.9. The van der Waals surface area contributed by atoms with Crippen LogP contribution in [-0.4, -0.2) is 27.2 Å². The highest BCUT2D eigenvalue weighted by Gasteiger charge is 2.11. The van der Waals surface area contributed by atoms with Gasteiger partial charge in [-0.2, -0.15) is 5.26 Å². The number of nitrogens with two attached hydrogens (primary N) is 1. The Hall–Kier alpha value is -2.98. The molecule has 0 saturated carbocycles. The molecule has 2 aromatic carbocycles. The Morgan fingerprint density at radius 1 is 1.08 bits per heavy atom. The second-order valence-electron chi connectivity index (χ2n) is 4.88. The van der Waals surface area contributed by atoms with Gasteiger partial charge in [-0.05, 0) is 24.3 Å². The molecule has 0 amide bonds. The SMILES string of the molecule is N#Cc1ccc(OCCSc2nnc(-c3ccccc3)n2N)cc1. The van der Waals surface area contributed by atoms with Crippen LogP contribution >= 0.6 is 11.8 Å². The average Bonchev–Trinajstić information content (AvgIpc) is 3.00. The quantitative estimate of drug-likeness (QED) is 0.422. The lowest BCUT2D eigenvalue weighted by molar-refractivity contribution is 0.344. The first-order valence-corrected chi connectivity index (χ1v) is 8.28. The van der Waals surface area contributed by atoms with Crippen LogP contribution in [-0.2, 0) is 0 Å². The lowest BCUT2D eigenvalue weighted by Crippen LogP contribution is -2.12. The molecule has 3 aromatic rings. The van der Waals surface area contributed by atoms with Gasteiger partial charge in [0, 0.05) is 11.3 Å². The molecule has 6 nitrogen and oxygen atoms in total. The van der Waals surface area contributed by atoms with Gasteiger partial charge in [0.2, 0.25) is 5.16 Å². The molecule has 0 aliphatic rings. The van der Waals surface area contributed by atoms with Crippen LogP contribution in [0.2, 0.25) is 0 Å². The number of nitrogens with zero attached hydrogens (tertiary/aromatic N) is 4. The lowest BCUT2D eigenvalue weighted by Gasteiger charge is -2.06. The van der Waals surface area contributed by atoms with Crippen molar-refractivity contribution >= 4 is 11.8 Å². The fraction of sp³-hybridized carbons (Fsp3) is 0.118. The minimum absolute atomic E-state index is 0.504. The standard InChI is InChI=1S/C17H15N5OS/c18-12-13-6-8-15(9-7-13)23-10-11-24-17-21-20-16(22(17)19)14-4-2-1-3-5-14/h1-9H,10-11,19H2. The normalized spacial score (nSPS) is 10.3. The Balaban J connectivity index is 1.54. The first-order valence-electron chi connectivity index (χ1n) is 7.29. The average molecular weight is 337 g/mol. The van der Waals surface area contributed by atoms with Crippen molar-refractivity contribution in [2.75, 3.05) is 18.2 Å². The predicted octanol–water partition coefficient (Wildman–Crippen LogP) is 2.70. The van der Waals surface area contributed by atoms with Gasteiger partial charge < -0.3 is 10.6 Å². The van der Waals surface area contributed by atoms with E-state index in [1.807, 2.05) is 30.3 Å². The van der Waals surface area contributed by atoms with E-state index in [1.165, 1.54) is 16.4 Å².